The van der Waals surface area contributed by atoms with E-state index < -0.39 is 23.5 Å². The molecule has 0 fully saturated rings. The standard InChI is InChI=1S/C36H35NO10/c1-4-32(38)44-20-8-6-18-42-27-14-10-25(11-15-27)34-37-30-22-24(3)31(23-29(30)36(41)47-34)46-35(40)26-12-16-28(17-13-26)43-19-7-9-21-45-33(39)5-2/h4-5,10-17,22-23H,1-2,6-9,18-21H2,3H3. The second kappa shape index (κ2) is 17.1. The lowest BCUT2D eigenvalue weighted by molar-refractivity contribution is -0.138. The Kier molecular flexibility index (Phi) is 12.4. The predicted molar refractivity (Wildman–Crippen MR) is 174 cm³/mol. The maximum Gasteiger partial charge on any atom is 0.347 e. The van der Waals surface area contributed by atoms with Crippen molar-refractivity contribution < 1.29 is 42.5 Å². The van der Waals surface area contributed by atoms with Gasteiger partial charge >= 0.3 is 23.5 Å². The van der Waals surface area contributed by atoms with E-state index in [-0.39, 0.29) is 23.6 Å². The summed E-state index contributed by atoms with van der Waals surface area (Å²) < 4.78 is 32.4. The summed E-state index contributed by atoms with van der Waals surface area (Å²) in [5.74, 6) is 0.0516. The first-order valence-corrected chi connectivity index (χ1v) is 15.0. The number of carbonyl (C=O) groups is 3. The molecule has 0 N–H and O–H groups in total. The number of unbranched alkanes of at least 4 members (excludes halogenated alkanes) is 2. The molecule has 47 heavy (non-hydrogen) atoms. The quantitative estimate of drug-likeness (QED) is 0.0567. The monoisotopic (exact) mass is 641 g/mol. The fourth-order valence-corrected chi connectivity index (χ4v) is 4.23. The molecule has 0 aliphatic carbocycles. The molecule has 0 spiro atoms. The normalized spacial score (nSPS) is 10.6. The highest BCUT2D eigenvalue weighted by atomic mass is 16.5. The predicted octanol–water partition coefficient (Wildman–Crippen LogP) is 6.16. The van der Waals surface area contributed by atoms with Crippen molar-refractivity contribution in [1.82, 2.24) is 4.98 Å². The molecule has 4 aromatic rings. The molecule has 0 aliphatic heterocycles. The number of esters is 3. The molecule has 0 radical (unpaired) electrons. The van der Waals surface area contributed by atoms with Crippen molar-refractivity contribution >= 4 is 28.8 Å². The summed E-state index contributed by atoms with van der Waals surface area (Å²) in [5, 5.41) is 0.170. The highest BCUT2D eigenvalue weighted by Gasteiger charge is 2.16. The summed E-state index contributed by atoms with van der Waals surface area (Å²) in [6, 6.07) is 16.6. The van der Waals surface area contributed by atoms with Gasteiger partial charge in [0, 0.05) is 17.7 Å². The molecule has 0 aliphatic rings. The Morgan fingerprint density at radius 1 is 0.766 bits per heavy atom. The molecule has 11 nitrogen and oxygen atoms in total. The zero-order valence-corrected chi connectivity index (χ0v) is 26.0. The van der Waals surface area contributed by atoms with Crippen LogP contribution in [0.25, 0.3) is 22.4 Å². The fraction of sp³-hybridized carbons (Fsp3) is 0.250. The summed E-state index contributed by atoms with van der Waals surface area (Å²) in [6.07, 6.45) is 4.93. The van der Waals surface area contributed by atoms with E-state index in [0.717, 1.165) is 12.2 Å². The second-order valence-corrected chi connectivity index (χ2v) is 10.2. The van der Waals surface area contributed by atoms with Crippen molar-refractivity contribution in [2.45, 2.75) is 32.6 Å². The van der Waals surface area contributed by atoms with E-state index in [0.29, 0.717) is 79.2 Å². The lowest BCUT2D eigenvalue weighted by Gasteiger charge is -2.10. The van der Waals surface area contributed by atoms with Gasteiger partial charge in [-0.2, -0.15) is 0 Å². The van der Waals surface area contributed by atoms with E-state index in [1.54, 1.807) is 61.5 Å². The minimum absolute atomic E-state index is 0.140. The highest BCUT2D eigenvalue weighted by Crippen LogP contribution is 2.27. The molecule has 4 rings (SSSR count). The van der Waals surface area contributed by atoms with Gasteiger partial charge in [-0.15, -0.1) is 0 Å². The van der Waals surface area contributed by atoms with Crippen molar-refractivity contribution in [3.8, 4) is 28.7 Å². The van der Waals surface area contributed by atoms with Crippen LogP contribution in [0, 0.1) is 6.92 Å². The molecule has 0 saturated carbocycles. The molecule has 0 unspecified atom stereocenters. The molecule has 1 aromatic heterocycles. The number of hydrogen-bond acceptors (Lipinski definition) is 11. The Morgan fingerprint density at radius 3 is 1.85 bits per heavy atom. The van der Waals surface area contributed by atoms with Gasteiger partial charge in [0.25, 0.3) is 0 Å². The Balaban J connectivity index is 1.32. The summed E-state index contributed by atoms with van der Waals surface area (Å²) >= 11 is 0. The molecule has 0 amide bonds. The number of carbonyl (C=O) groups excluding carboxylic acids is 3. The van der Waals surface area contributed by atoms with Crippen LogP contribution in [0.2, 0.25) is 0 Å². The lowest BCUT2D eigenvalue weighted by atomic mass is 10.1. The molecule has 11 heteroatoms. The fourth-order valence-electron chi connectivity index (χ4n) is 4.23. The number of benzene rings is 3. The summed E-state index contributed by atoms with van der Waals surface area (Å²) in [5.41, 5.74) is 1.26. The summed E-state index contributed by atoms with van der Waals surface area (Å²) in [4.78, 5) is 52.4. The van der Waals surface area contributed by atoms with E-state index in [9.17, 15) is 19.2 Å². The number of hydrogen-bond donors (Lipinski definition) is 0. The van der Waals surface area contributed by atoms with E-state index >= 15 is 0 Å². The van der Waals surface area contributed by atoms with E-state index in [1.165, 1.54) is 6.07 Å². The van der Waals surface area contributed by atoms with Gasteiger partial charge in [0.05, 0.1) is 42.9 Å². The Hall–Kier alpha value is -5.71. The van der Waals surface area contributed by atoms with E-state index in [1.807, 2.05) is 0 Å². The van der Waals surface area contributed by atoms with Gasteiger partial charge < -0.3 is 28.1 Å². The van der Waals surface area contributed by atoms with Crippen molar-refractivity contribution in [3.05, 3.63) is 108 Å². The van der Waals surface area contributed by atoms with Crippen molar-refractivity contribution in [1.29, 1.82) is 0 Å². The number of aromatic nitrogens is 1. The minimum atomic E-state index is -0.625. The molecule has 244 valence electrons. The lowest BCUT2D eigenvalue weighted by Crippen LogP contribution is -2.11. The second-order valence-electron chi connectivity index (χ2n) is 10.2. The first-order chi connectivity index (χ1) is 22.8. The first-order valence-electron chi connectivity index (χ1n) is 15.0. The van der Waals surface area contributed by atoms with Crippen molar-refractivity contribution in [2.75, 3.05) is 26.4 Å². The van der Waals surface area contributed by atoms with Gasteiger partial charge in [-0.05, 0) is 98.8 Å². The van der Waals surface area contributed by atoms with Crippen LogP contribution >= 0.6 is 0 Å². The van der Waals surface area contributed by atoms with Crippen LogP contribution in [0.4, 0.5) is 0 Å². The van der Waals surface area contributed by atoms with Gasteiger partial charge in [-0.25, -0.2) is 24.2 Å². The van der Waals surface area contributed by atoms with Crippen molar-refractivity contribution in [2.24, 2.45) is 0 Å². The summed E-state index contributed by atoms with van der Waals surface area (Å²) in [6.45, 7) is 9.90. The molecule has 0 bridgehead atoms. The van der Waals surface area contributed by atoms with Crippen LogP contribution in [0.3, 0.4) is 0 Å². The Bertz CT molecular complexity index is 1780. The number of aryl methyl sites for hydroxylation is 1. The zero-order chi connectivity index (χ0) is 33.6. The number of nitrogens with zero attached hydrogens (tertiary/aromatic N) is 1. The largest absolute Gasteiger partial charge is 0.494 e. The third-order valence-corrected chi connectivity index (χ3v) is 6.76. The SMILES string of the molecule is C=CC(=O)OCCCCOc1ccc(C(=O)Oc2cc3c(=O)oc(-c4ccc(OCCCCOC(=O)C=C)cc4)nc3cc2C)cc1. The molecular formula is C36H35NO10. The van der Waals surface area contributed by atoms with Gasteiger partial charge in [0.15, 0.2) is 0 Å². The third-order valence-electron chi connectivity index (χ3n) is 6.76. The Labute approximate surface area is 271 Å². The van der Waals surface area contributed by atoms with Gasteiger partial charge in [-0.3, -0.25) is 0 Å². The van der Waals surface area contributed by atoms with Gasteiger partial charge in [0.2, 0.25) is 5.89 Å². The van der Waals surface area contributed by atoms with Crippen LogP contribution in [0.5, 0.6) is 17.2 Å². The van der Waals surface area contributed by atoms with E-state index in [2.05, 4.69) is 18.1 Å². The Morgan fingerprint density at radius 2 is 1.30 bits per heavy atom. The molecule has 3 aromatic carbocycles. The summed E-state index contributed by atoms with van der Waals surface area (Å²) in [7, 11) is 0. The van der Waals surface area contributed by atoms with Crippen LogP contribution in [-0.4, -0.2) is 49.3 Å². The van der Waals surface area contributed by atoms with Gasteiger partial charge in [0.1, 0.15) is 17.2 Å². The van der Waals surface area contributed by atoms with Gasteiger partial charge in [-0.1, -0.05) is 13.2 Å². The van der Waals surface area contributed by atoms with Crippen LogP contribution in [-0.2, 0) is 19.1 Å². The topological polar surface area (TPSA) is 140 Å². The van der Waals surface area contributed by atoms with Crippen molar-refractivity contribution in [3.63, 3.8) is 0 Å². The van der Waals surface area contributed by atoms with Crippen LogP contribution in [0.15, 0.2) is 95.2 Å². The number of fused-ring (bicyclic) bond motifs is 1. The first kappa shape index (κ1) is 34.2. The minimum Gasteiger partial charge on any atom is -0.494 e. The number of rotatable bonds is 17. The molecular weight excluding hydrogens is 606 g/mol. The maximum absolute atomic E-state index is 12.9. The number of ether oxygens (including phenoxy) is 5. The van der Waals surface area contributed by atoms with E-state index in [4.69, 9.17) is 28.1 Å². The average Bonchev–Trinajstić information content (AvgIpc) is 3.08. The average molecular weight is 642 g/mol. The molecule has 0 atom stereocenters. The zero-order valence-electron chi connectivity index (χ0n) is 26.0. The molecule has 1 heterocycles. The smallest absolute Gasteiger partial charge is 0.347 e. The van der Waals surface area contributed by atoms with Crippen LogP contribution < -0.4 is 19.8 Å². The maximum atomic E-state index is 12.9. The van der Waals surface area contributed by atoms with Crippen LogP contribution in [0.1, 0.15) is 41.6 Å². The highest BCUT2D eigenvalue weighted by molar-refractivity contribution is 5.92. The third kappa shape index (κ3) is 10.1. The molecule has 0 saturated heterocycles.